The first-order valence-corrected chi connectivity index (χ1v) is 6.87. The largest absolute Gasteiger partial charge is 0.354 e. The topological polar surface area (TPSA) is 72.2 Å². The minimum atomic E-state index is -0.908. The maximum Gasteiger partial charge on any atom is 0.237 e. The Kier molecular flexibility index (Phi) is 6.76. The van der Waals surface area contributed by atoms with E-state index < -0.39 is 16.8 Å². The number of hydrogen-bond acceptors (Lipinski definition) is 3. The van der Waals surface area contributed by atoms with Gasteiger partial charge in [0.05, 0.1) is 6.04 Å². The van der Waals surface area contributed by atoms with Crippen LogP contribution in [0.4, 0.5) is 0 Å². The third-order valence-electron chi connectivity index (χ3n) is 2.69. The van der Waals surface area contributed by atoms with Crippen LogP contribution in [0.5, 0.6) is 0 Å². The molecule has 4 atom stereocenters. The summed E-state index contributed by atoms with van der Waals surface area (Å²) in [5.41, 5.74) is 5.75. The predicted molar refractivity (Wildman–Crippen MR) is 64.0 cm³/mol. The second-order valence-corrected chi connectivity index (χ2v) is 5.77. The average molecular weight is 234 g/mol. The number of nitrogens with one attached hydrogen (secondary N) is 1. The van der Waals surface area contributed by atoms with Crippen LogP contribution in [0.15, 0.2) is 0 Å². The van der Waals surface area contributed by atoms with Crippen LogP contribution in [0, 0.1) is 5.92 Å². The molecular weight excluding hydrogens is 212 g/mol. The Bertz CT molecular complexity index is 233. The Labute approximate surface area is 94.4 Å². The average Bonchev–Trinajstić information content (AvgIpc) is 2.22. The minimum absolute atomic E-state index is 0.0296. The number of nitrogens with two attached hydrogens (primary N) is 1. The van der Waals surface area contributed by atoms with Gasteiger partial charge in [-0.05, 0) is 12.8 Å². The molecule has 15 heavy (non-hydrogen) atoms. The van der Waals surface area contributed by atoms with Gasteiger partial charge in [0.2, 0.25) is 5.91 Å². The van der Waals surface area contributed by atoms with E-state index in [2.05, 4.69) is 5.32 Å². The molecule has 0 spiro atoms. The zero-order valence-corrected chi connectivity index (χ0v) is 10.8. The molecule has 0 aliphatic carbocycles. The van der Waals surface area contributed by atoms with E-state index in [0.717, 1.165) is 6.42 Å². The van der Waals surface area contributed by atoms with E-state index in [-0.39, 0.29) is 17.1 Å². The molecule has 0 rings (SSSR count). The molecule has 0 heterocycles. The first-order valence-electron chi connectivity index (χ1n) is 5.25. The minimum Gasteiger partial charge on any atom is -0.354 e. The lowest BCUT2D eigenvalue weighted by Gasteiger charge is -2.18. The Morgan fingerprint density at radius 2 is 2.00 bits per heavy atom. The van der Waals surface area contributed by atoms with Gasteiger partial charge >= 0.3 is 0 Å². The van der Waals surface area contributed by atoms with E-state index in [1.54, 1.807) is 6.26 Å². The fourth-order valence-corrected chi connectivity index (χ4v) is 1.31. The van der Waals surface area contributed by atoms with Crippen molar-refractivity contribution in [2.75, 3.05) is 12.8 Å². The molecule has 4 unspecified atom stereocenters. The number of carbonyl (C=O) groups excluding carboxylic acids is 1. The molecule has 0 saturated heterocycles. The van der Waals surface area contributed by atoms with E-state index in [1.807, 2.05) is 20.8 Å². The fraction of sp³-hybridized carbons (Fsp3) is 0.900. The lowest BCUT2D eigenvalue weighted by atomic mass is 9.99. The summed E-state index contributed by atoms with van der Waals surface area (Å²) < 4.78 is 11.0. The third-order valence-corrected chi connectivity index (χ3v) is 3.99. The summed E-state index contributed by atoms with van der Waals surface area (Å²) in [6, 6.07) is -0.465. The van der Waals surface area contributed by atoms with Crippen molar-refractivity contribution in [1.82, 2.24) is 5.32 Å². The van der Waals surface area contributed by atoms with Crippen molar-refractivity contribution >= 4 is 16.7 Å². The highest BCUT2D eigenvalue weighted by atomic mass is 32.2. The van der Waals surface area contributed by atoms with E-state index in [9.17, 15) is 9.00 Å². The normalized spacial score (nSPS) is 19.0. The fourth-order valence-electron chi connectivity index (χ4n) is 0.992. The number of rotatable bonds is 6. The van der Waals surface area contributed by atoms with Gasteiger partial charge in [0.15, 0.2) is 0 Å². The summed E-state index contributed by atoms with van der Waals surface area (Å²) >= 11 is 0. The molecule has 0 fully saturated rings. The Balaban J connectivity index is 3.98. The molecule has 0 aliphatic rings. The van der Waals surface area contributed by atoms with Crippen molar-refractivity contribution in [3.8, 4) is 0 Å². The second-order valence-electron chi connectivity index (χ2n) is 3.97. The Morgan fingerprint density at radius 1 is 1.47 bits per heavy atom. The Morgan fingerprint density at radius 3 is 2.40 bits per heavy atom. The van der Waals surface area contributed by atoms with Gasteiger partial charge in [-0.3, -0.25) is 9.00 Å². The molecule has 4 nitrogen and oxygen atoms in total. The van der Waals surface area contributed by atoms with Crippen molar-refractivity contribution in [2.45, 2.75) is 38.5 Å². The van der Waals surface area contributed by atoms with Gasteiger partial charge < -0.3 is 11.1 Å². The highest BCUT2D eigenvalue weighted by molar-refractivity contribution is 7.84. The SMILES string of the molecule is CCC(C)C(N)C(=O)NCC(C)S(C)=O. The molecule has 3 N–H and O–H groups in total. The van der Waals surface area contributed by atoms with Gasteiger partial charge in [-0.2, -0.15) is 0 Å². The lowest BCUT2D eigenvalue weighted by molar-refractivity contribution is -0.123. The summed E-state index contributed by atoms with van der Waals surface area (Å²) in [7, 11) is -0.908. The predicted octanol–water partition coefficient (Wildman–Crippen LogP) is 0.243. The molecule has 5 heteroatoms. The van der Waals surface area contributed by atoms with Gasteiger partial charge in [0.25, 0.3) is 0 Å². The molecule has 0 aliphatic heterocycles. The molecule has 0 aromatic carbocycles. The molecule has 0 saturated carbocycles. The first kappa shape index (κ1) is 14.6. The Hall–Kier alpha value is -0.420. The van der Waals surface area contributed by atoms with Crippen LogP contribution >= 0.6 is 0 Å². The van der Waals surface area contributed by atoms with Crippen LogP contribution in [0.25, 0.3) is 0 Å². The molecule has 1 amide bonds. The molecule has 0 aromatic heterocycles. The van der Waals surface area contributed by atoms with Crippen LogP contribution < -0.4 is 11.1 Å². The lowest BCUT2D eigenvalue weighted by Crippen LogP contribution is -2.46. The van der Waals surface area contributed by atoms with Crippen LogP contribution in [-0.4, -0.2) is 34.2 Å². The maximum atomic E-state index is 11.5. The number of hydrogen-bond donors (Lipinski definition) is 2. The monoisotopic (exact) mass is 234 g/mol. The molecule has 90 valence electrons. The zero-order valence-electron chi connectivity index (χ0n) is 9.95. The van der Waals surface area contributed by atoms with E-state index in [0.29, 0.717) is 6.54 Å². The van der Waals surface area contributed by atoms with Crippen LogP contribution in [0.3, 0.4) is 0 Å². The number of amides is 1. The smallest absolute Gasteiger partial charge is 0.237 e. The van der Waals surface area contributed by atoms with Crippen molar-refractivity contribution in [2.24, 2.45) is 11.7 Å². The van der Waals surface area contributed by atoms with Gasteiger partial charge in [-0.1, -0.05) is 20.3 Å². The van der Waals surface area contributed by atoms with Crippen molar-refractivity contribution < 1.29 is 9.00 Å². The molecular formula is C10H22N2O2S. The second kappa shape index (κ2) is 6.95. The standard InChI is InChI=1S/C10H22N2O2S/c1-5-7(2)9(11)10(13)12-6-8(3)15(4)14/h7-9H,5-6,11H2,1-4H3,(H,12,13). The van der Waals surface area contributed by atoms with Gasteiger partial charge in [-0.25, -0.2) is 0 Å². The van der Waals surface area contributed by atoms with E-state index >= 15 is 0 Å². The quantitative estimate of drug-likeness (QED) is 0.691. The maximum absolute atomic E-state index is 11.5. The van der Waals surface area contributed by atoms with E-state index in [4.69, 9.17) is 5.73 Å². The van der Waals surface area contributed by atoms with Crippen LogP contribution in [0.2, 0.25) is 0 Å². The zero-order chi connectivity index (χ0) is 12.0. The summed E-state index contributed by atoms with van der Waals surface area (Å²) in [6.45, 7) is 6.21. The summed E-state index contributed by atoms with van der Waals surface area (Å²) in [5.74, 6) is 0.0223. The summed E-state index contributed by atoms with van der Waals surface area (Å²) in [5, 5.41) is 2.69. The molecule has 0 aromatic rings. The van der Waals surface area contributed by atoms with Gasteiger partial charge in [0.1, 0.15) is 0 Å². The molecule has 0 bridgehead atoms. The van der Waals surface area contributed by atoms with Crippen LogP contribution in [-0.2, 0) is 15.6 Å². The van der Waals surface area contributed by atoms with Gasteiger partial charge in [0, 0.05) is 28.9 Å². The summed E-state index contributed by atoms with van der Waals surface area (Å²) in [4.78, 5) is 11.5. The molecule has 0 radical (unpaired) electrons. The van der Waals surface area contributed by atoms with Crippen LogP contribution in [0.1, 0.15) is 27.2 Å². The third kappa shape index (κ3) is 5.28. The van der Waals surface area contributed by atoms with Gasteiger partial charge in [-0.15, -0.1) is 0 Å². The highest BCUT2D eigenvalue weighted by Crippen LogP contribution is 2.05. The number of carbonyl (C=O) groups is 1. The summed E-state index contributed by atoms with van der Waals surface area (Å²) in [6.07, 6.45) is 2.51. The highest BCUT2D eigenvalue weighted by Gasteiger charge is 2.19. The van der Waals surface area contributed by atoms with Crippen molar-refractivity contribution in [1.29, 1.82) is 0 Å². The van der Waals surface area contributed by atoms with E-state index in [1.165, 1.54) is 0 Å². The van der Waals surface area contributed by atoms with Crippen molar-refractivity contribution in [3.05, 3.63) is 0 Å². The van der Waals surface area contributed by atoms with Crippen molar-refractivity contribution in [3.63, 3.8) is 0 Å². The first-order chi connectivity index (χ1) is 6.90.